The normalized spacial score (nSPS) is 12.1. The fraction of sp³-hybridized carbons (Fsp3) is 0.118. The van der Waals surface area contributed by atoms with E-state index in [4.69, 9.17) is 4.74 Å². The third-order valence-corrected chi connectivity index (χ3v) is 2.67. The highest BCUT2D eigenvalue weighted by Gasteiger charge is 2.06. The lowest BCUT2D eigenvalue weighted by Crippen LogP contribution is -2.18. The summed E-state index contributed by atoms with van der Waals surface area (Å²) in [7, 11) is 0. The van der Waals surface area contributed by atoms with Gasteiger partial charge in [0.1, 0.15) is 6.10 Å². The van der Waals surface area contributed by atoms with Crippen LogP contribution in [0, 0.1) is 0 Å². The van der Waals surface area contributed by atoms with Gasteiger partial charge in [0.15, 0.2) is 0 Å². The highest BCUT2D eigenvalue weighted by atomic mass is 16.6. The van der Waals surface area contributed by atoms with Crippen LogP contribution in [-0.4, -0.2) is 12.2 Å². The molecule has 0 aliphatic carbocycles. The molecule has 0 aliphatic rings. The van der Waals surface area contributed by atoms with Gasteiger partial charge in [-0.1, -0.05) is 54.6 Å². The monoisotopic (exact) mass is 267 g/mol. The van der Waals surface area contributed by atoms with Crippen LogP contribution in [0.4, 0.5) is 10.5 Å². The molecule has 3 heteroatoms. The zero-order chi connectivity index (χ0) is 14.2. The maximum Gasteiger partial charge on any atom is 0.412 e. The number of carbonyl (C=O) groups excluding carboxylic acids is 1. The van der Waals surface area contributed by atoms with Gasteiger partial charge in [-0.2, -0.15) is 0 Å². The van der Waals surface area contributed by atoms with E-state index >= 15 is 0 Å². The molecule has 20 heavy (non-hydrogen) atoms. The second-order valence-corrected chi connectivity index (χ2v) is 4.37. The highest BCUT2D eigenvalue weighted by Crippen LogP contribution is 2.07. The van der Waals surface area contributed by atoms with Crippen LogP contribution in [0.3, 0.4) is 0 Å². The first-order valence-corrected chi connectivity index (χ1v) is 6.50. The molecule has 0 aliphatic heterocycles. The smallest absolute Gasteiger partial charge is 0.412 e. The molecule has 0 spiro atoms. The van der Waals surface area contributed by atoms with E-state index in [1.54, 1.807) is 0 Å². The number of hydrogen-bond donors (Lipinski definition) is 1. The largest absolute Gasteiger partial charge is 0.442 e. The number of para-hydroxylation sites is 1. The Morgan fingerprint density at radius 1 is 1.05 bits per heavy atom. The van der Waals surface area contributed by atoms with E-state index in [0.717, 1.165) is 11.3 Å². The van der Waals surface area contributed by atoms with Crippen LogP contribution in [0.5, 0.6) is 0 Å². The summed E-state index contributed by atoms with van der Waals surface area (Å²) >= 11 is 0. The van der Waals surface area contributed by atoms with Gasteiger partial charge in [-0.05, 0) is 30.7 Å². The first-order valence-electron chi connectivity index (χ1n) is 6.50. The minimum Gasteiger partial charge on any atom is -0.442 e. The van der Waals surface area contributed by atoms with Crippen LogP contribution >= 0.6 is 0 Å². The van der Waals surface area contributed by atoms with Crippen LogP contribution in [0.15, 0.2) is 66.7 Å². The Labute approximate surface area is 118 Å². The average Bonchev–Trinajstić information content (AvgIpc) is 2.47. The molecule has 3 nitrogen and oxygen atoms in total. The summed E-state index contributed by atoms with van der Waals surface area (Å²) in [4.78, 5) is 11.7. The molecule has 0 saturated carbocycles. The van der Waals surface area contributed by atoms with Crippen molar-refractivity contribution in [3.63, 3.8) is 0 Å². The van der Waals surface area contributed by atoms with Crippen molar-refractivity contribution >= 4 is 17.9 Å². The maximum absolute atomic E-state index is 11.7. The summed E-state index contributed by atoms with van der Waals surface area (Å²) in [5, 5.41) is 2.68. The van der Waals surface area contributed by atoms with Gasteiger partial charge in [-0.3, -0.25) is 5.32 Å². The Kier molecular flexibility index (Phi) is 4.95. The van der Waals surface area contributed by atoms with Gasteiger partial charge in [-0.15, -0.1) is 0 Å². The fourth-order valence-corrected chi connectivity index (χ4v) is 1.69. The Balaban J connectivity index is 1.84. The molecule has 0 saturated heterocycles. The number of rotatable bonds is 4. The molecule has 0 fully saturated rings. The number of benzene rings is 2. The number of hydrogen-bond acceptors (Lipinski definition) is 2. The second-order valence-electron chi connectivity index (χ2n) is 4.37. The van der Waals surface area contributed by atoms with E-state index < -0.39 is 6.09 Å². The zero-order valence-corrected chi connectivity index (χ0v) is 11.3. The van der Waals surface area contributed by atoms with Gasteiger partial charge in [0.2, 0.25) is 0 Å². The summed E-state index contributed by atoms with van der Waals surface area (Å²) in [6, 6.07) is 19.1. The van der Waals surface area contributed by atoms with Gasteiger partial charge in [0.25, 0.3) is 0 Å². The maximum atomic E-state index is 11.7. The minimum atomic E-state index is -0.457. The van der Waals surface area contributed by atoms with Gasteiger partial charge in [0, 0.05) is 5.69 Å². The molecule has 2 aromatic rings. The summed E-state index contributed by atoms with van der Waals surface area (Å²) in [6.45, 7) is 1.82. The van der Waals surface area contributed by atoms with E-state index in [-0.39, 0.29) is 6.10 Å². The SMILES string of the molecule is CC(/C=C\c1ccccc1)OC(=O)Nc1ccccc1. The van der Waals surface area contributed by atoms with Gasteiger partial charge >= 0.3 is 6.09 Å². The molecule has 1 amide bonds. The summed E-state index contributed by atoms with van der Waals surface area (Å²) in [5.41, 5.74) is 1.79. The van der Waals surface area contributed by atoms with E-state index in [1.807, 2.05) is 79.7 Å². The molecule has 1 unspecified atom stereocenters. The molecule has 1 N–H and O–H groups in total. The molecule has 1 atom stereocenters. The molecule has 0 bridgehead atoms. The number of amides is 1. The van der Waals surface area contributed by atoms with Crippen LogP contribution in [0.1, 0.15) is 12.5 Å². The Hall–Kier alpha value is -2.55. The predicted octanol–water partition coefficient (Wildman–Crippen LogP) is 4.34. The van der Waals surface area contributed by atoms with E-state index in [2.05, 4.69) is 5.32 Å². The minimum absolute atomic E-state index is 0.293. The third kappa shape index (κ3) is 4.61. The third-order valence-electron chi connectivity index (χ3n) is 2.67. The van der Waals surface area contributed by atoms with Crippen molar-refractivity contribution < 1.29 is 9.53 Å². The quantitative estimate of drug-likeness (QED) is 0.895. The number of nitrogens with one attached hydrogen (secondary N) is 1. The summed E-state index contributed by atoms with van der Waals surface area (Å²) in [5.74, 6) is 0. The lowest BCUT2D eigenvalue weighted by atomic mass is 10.2. The number of ether oxygens (including phenoxy) is 1. The number of carbonyl (C=O) groups is 1. The Morgan fingerprint density at radius 2 is 1.65 bits per heavy atom. The van der Waals surface area contributed by atoms with Crippen LogP contribution < -0.4 is 5.32 Å². The topological polar surface area (TPSA) is 38.3 Å². The van der Waals surface area contributed by atoms with Crippen molar-refractivity contribution in [3.8, 4) is 0 Å². The zero-order valence-electron chi connectivity index (χ0n) is 11.3. The summed E-state index contributed by atoms with van der Waals surface area (Å²) in [6.07, 6.45) is 3.03. The van der Waals surface area contributed by atoms with Crippen molar-refractivity contribution in [2.45, 2.75) is 13.0 Å². The van der Waals surface area contributed by atoms with E-state index in [1.165, 1.54) is 0 Å². The molecular weight excluding hydrogens is 250 g/mol. The van der Waals surface area contributed by atoms with Crippen molar-refractivity contribution in [3.05, 3.63) is 72.3 Å². The summed E-state index contributed by atoms with van der Waals surface area (Å²) < 4.78 is 5.24. The lowest BCUT2D eigenvalue weighted by molar-refractivity contribution is 0.142. The predicted molar refractivity (Wildman–Crippen MR) is 81.5 cm³/mol. The molecule has 102 valence electrons. The van der Waals surface area contributed by atoms with Crippen LogP contribution in [0.2, 0.25) is 0 Å². The molecule has 0 heterocycles. The van der Waals surface area contributed by atoms with Gasteiger partial charge in [0.05, 0.1) is 0 Å². The molecule has 2 aromatic carbocycles. The highest BCUT2D eigenvalue weighted by molar-refractivity contribution is 5.84. The van der Waals surface area contributed by atoms with Gasteiger partial charge in [-0.25, -0.2) is 4.79 Å². The first-order chi connectivity index (χ1) is 9.74. The van der Waals surface area contributed by atoms with Crippen molar-refractivity contribution in [1.82, 2.24) is 0 Å². The molecular formula is C17H17NO2. The van der Waals surface area contributed by atoms with E-state index in [9.17, 15) is 4.79 Å². The average molecular weight is 267 g/mol. The Morgan fingerprint density at radius 3 is 2.30 bits per heavy atom. The fourth-order valence-electron chi connectivity index (χ4n) is 1.69. The Bertz CT molecular complexity index is 564. The van der Waals surface area contributed by atoms with Crippen molar-refractivity contribution in [2.24, 2.45) is 0 Å². The molecule has 0 radical (unpaired) electrons. The van der Waals surface area contributed by atoms with Crippen LogP contribution in [0.25, 0.3) is 6.08 Å². The van der Waals surface area contributed by atoms with E-state index in [0.29, 0.717) is 0 Å². The standard InChI is InChI=1S/C17H17NO2/c1-14(12-13-15-8-4-2-5-9-15)20-17(19)18-16-10-6-3-7-11-16/h2-14H,1H3,(H,18,19)/b13-12-. The number of anilines is 1. The first kappa shape index (κ1) is 13.9. The lowest BCUT2D eigenvalue weighted by Gasteiger charge is -2.10. The van der Waals surface area contributed by atoms with Crippen LogP contribution in [-0.2, 0) is 4.74 Å². The molecule has 0 aromatic heterocycles. The second kappa shape index (κ2) is 7.14. The van der Waals surface area contributed by atoms with Crippen molar-refractivity contribution in [1.29, 1.82) is 0 Å². The van der Waals surface area contributed by atoms with Crippen molar-refractivity contribution in [2.75, 3.05) is 5.32 Å². The molecule has 2 rings (SSSR count). The van der Waals surface area contributed by atoms with Gasteiger partial charge < -0.3 is 4.74 Å².